The lowest BCUT2D eigenvalue weighted by Crippen LogP contribution is -2.21. The summed E-state index contributed by atoms with van der Waals surface area (Å²) >= 11 is 6.40. The van der Waals surface area contributed by atoms with Crippen molar-refractivity contribution in [3.8, 4) is 11.6 Å². The number of aromatic amines is 1. The predicted octanol–water partition coefficient (Wildman–Crippen LogP) is 2.70. The number of hydrogen-bond acceptors (Lipinski definition) is 6. The fraction of sp³-hybridized carbons (Fsp3) is 0.444. The van der Waals surface area contributed by atoms with Crippen molar-refractivity contribution in [1.82, 2.24) is 15.2 Å². The number of H-pyrrole nitrogens is 1. The molecule has 86 valence electrons. The highest BCUT2D eigenvalue weighted by molar-refractivity contribution is 7.71. The Bertz CT molecular complexity index is 511. The number of thiazole rings is 1. The Morgan fingerprint density at radius 3 is 2.81 bits per heavy atom. The van der Waals surface area contributed by atoms with Gasteiger partial charge < -0.3 is 9.32 Å². The number of anilines is 1. The highest BCUT2D eigenvalue weighted by atomic mass is 32.1. The lowest BCUT2D eigenvalue weighted by atomic mass is 10.5. The molecule has 5 nitrogen and oxygen atoms in total. The first-order chi connectivity index (χ1) is 7.74. The van der Waals surface area contributed by atoms with E-state index in [1.54, 1.807) is 11.3 Å². The Morgan fingerprint density at radius 2 is 2.25 bits per heavy atom. The van der Waals surface area contributed by atoms with Crippen LogP contribution < -0.4 is 4.90 Å². The molecule has 16 heavy (non-hydrogen) atoms. The third kappa shape index (κ3) is 2.14. The summed E-state index contributed by atoms with van der Waals surface area (Å²) in [6.07, 6.45) is 0. The van der Waals surface area contributed by atoms with Crippen LogP contribution >= 0.6 is 23.6 Å². The largest absolute Gasteiger partial charge is 0.408 e. The highest BCUT2D eigenvalue weighted by Gasteiger charge is 2.12. The van der Waals surface area contributed by atoms with E-state index in [4.69, 9.17) is 16.6 Å². The van der Waals surface area contributed by atoms with E-state index >= 15 is 0 Å². The lowest BCUT2D eigenvalue weighted by Gasteiger charge is -2.16. The van der Waals surface area contributed by atoms with E-state index in [0.29, 0.717) is 5.89 Å². The van der Waals surface area contributed by atoms with Crippen LogP contribution in [-0.4, -0.2) is 28.3 Å². The zero-order chi connectivity index (χ0) is 11.5. The van der Waals surface area contributed by atoms with E-state index in [1.165, 1.54) is 0 Å². The van der Waals surface area contributed by atoms with E-state index in [9.17, 15) is 0 Å². The van der Waals surface area contributed by atoms with Gasteiger partial charge in [-0.2, -0.15) is 0 Å². The summed E-state index contributed by atoms with van der Waals surface area (Å²) in [5, 5.41) is 9.42. The number of aromatic nitrogens is 3. The van der Waals surface area contributed by atoms with Crippen molar-refractivity contribution >= 4 is 28.7 Å². The van der Waals surface area contributed by atoms with Crippen LogP contribution in [0.15, 0.2) is 9.80 Å². The summed E-state index contributed by atoms with van der Waals surface area (Å²) in [5.74, 6) is 0.444. The number of nitrogens with zero attached hydrogens (tertiary/aromatic N) is 3. The van der Waals surface area contributed by atoms with Gasteiger partial charge in [-0.05, 0) is 26.1 Å². The summed E-state index contributed by atoms with van der Waals surface area (Å²) < 4.78 is 5.20. The Balaban J connectivity index is 2.28. The molecule has 2 rings (SSSR count). The molecule has 0 amide bonds. The van der Waals surface area contributed by atoms with Crippen LogP contribution in [0.3, 0.4) is 0 Å². The molecule has 0 atom stereocenters. The van der Waals surface area contributed by atoms with Crippen LogP contribution in [0.25, 0.3) is 11.6 Å². The monoisotopic (exact) mass is 256 g/mol. The molecule has 0 aliphatic carbocycles. The van der Waals surface area contributed by atoms with Crippen LogP contribution in [0.5, 0.6) is 0 Å². The van der Waals surface area contributed by atoms with Crippen molar-refractivity contribution in [3.05, 3.63) is 10.2 Å². The second-order valence-corrected chi connectivity index (χ2v) is 4.31. The van der Waals surface area contributed by atoms with Gasteiger partial charge in [0, 0.05) is 18.5 Å². The first-order valence-electron chi connectivity index (χ1n) is 5.01. The smallest absolute Gasteiger partial charge is 0.284 e. The van der Waals surface area contributed by atoms with Gasteiger partial charge in [0.15, 0.2) is 5.13 Å². The molecule has 0 aromatic carbocycles. The minimum absolute atomic E-state index is 0.271. The van der Waals surface area contributed by atoms with Crippen molar-refractivity contribution in [2.75, 3.05) is 18.0 Å². The van der Waals surface area contributed by atoms with E-state index in [2.05, 4.69) is 33.9 Å². The topological polar surface area (TPSA) is 58.0 Å². The Hall–Kier alpha value is -1.21. The first-order valence-corrected chi connectivity index (χ1v) is 6.29. The minimum atomic E-state index is 0.271. The Labute approximate surface area is 102 Å². The van der Waals surface area contributed by atoms with Gasteiger partial charge in [0.2, 0.25) is 0 Å². The molecule has 7 heteroatoms. The normalized spacial score (nSPS) is 10.6. The Kier molecular flexibility index (Phi) is 3.35. The Morgan fingerprint density at radius 1 is 1.50 bits per heavy atom. The average Bonchev–Trinajstić information content (AvgIpc) is 2.89. The summed E-state index contributed by atoms with van der Waals surface area (Å²) in [4.78, 5) is 6.90. The SMILES string of the molecule is CCN(CC)c1nc(-c2n[nH]c(=S)o2)cs1. The molecule has 2 aromatic heterocycles. The van der Waals surface area contributed by atoms with Crippen molar-refractivity contribution in [2.45, 2.75) is 13.8 Å². The maximum Gasteiger partial charge on any atom is 0.284 e. The number of nitrogens with one attached hydrogen (secondary N) is 1. The van der Waals surface area contributed by atoms with Crippen LogP contribution in [0, 0.1) is 4.84 Å². The quantitative estimate of drug-likeness (QED) is 0.852. The van der Waals surface area contributed by atoms with Crippen molar-refractivity contribution in [2.24, 2.45) is 0 Å². The third-order valence-corrected chi connectivity index (χ3v) is 3.26. The van der Waals surface area contributed by atoms with Gasteiger partial charge in [0.25, 0.3) is 10.7 Å². The molecule has 0 fully saturated rings. The van der Waals surface area contributed by atoms with Gasteiger partial charge in [0.05, 0.1) is 0 Å². The maximum absolute atomic E-state index is 5.20. The highest BCUT2D eigenvalue weighted by Crippen LogP contribution is 2.25. The zero-order valence-corrected chi connectivity index (χ0v) is 10.7. The molecule has 2 heterocycles. The molecule has 1 N–H and O–H groups in total. The van der Waals surface area contributed by atoms with Crippen molar-refractivity contribution < 1.29 is 4.42 Å². The van der Waals surface area contributed by atoms with Crippen molar-refractivity contribution in [1.29, 1.82) is 0 Å². The summed E-state index contributed by atoms with van der Waals surface area (Å²) in [5.41, 5.74) is 0.722. The standard InChI is InChI=1S/C9H12N4OS2/c1-3-13(4-2)8-10-6(5-16-8)7-11-12-9(15)14-7/h5H,3-4H2,1-2H3,(H,12,15). The molecule has 0 unspecified atom stereocenters. The van der Waals surface area contributed by atoms with Gasteiger partial charge in [0.1, 0.15) is 5.69 Å². The molecule has 0 radical (unpaired) electrons. The molecule has 0 saturated carbocycles. The van der Waals surface area contributed by atoms with Crippen LogP contribution in [0.4, 0.5) is 5.13 Å². The van der Waals surface area contributed by atoms with Gasteiger partial charge in [-0.1, -0.05) is 0 Å². The van der Waals surface area contributed by atoms with E-state index < -0.39 is 0 Å². The van der Waals surface area contributed by atoms with Gasteiger partial charge >= 0.3 is 0 Å². The van der Waals surface area contributed by atoms with Gasteiger partial charge in [-0.25, -0.2) is 10.1 Å². The summed E-state index contributed by atoms with van der Waals surface area (Å²) in [7, 11) is 0. The van der Waals surface area contributed by atoms with Gasteiger partial charge in [-0.3, -0.25) is 0 Å². The molecule has 0 bridgehead atoms. The van der Waals surface area contributed by atoms with Crippen LogP contribution in [-0.2, 0) is 0 Å². The number of hydrogen-bond donors (Lipinski definition) is 1. The molecule has 0 aliphatic rings. The fourth-order valence-electron chi connectivity index (χ4n) is 1.34. The third-order valence-electron chi connectivity index (χ3n) is 2.18. The molecular weight excluding hydrogens is 244 g/mol. The van der Waals surface area contributed by atoms with Crippen LogP contribution in [0.2, 0.25) is 0 Å². The fourth-order valence-corrected chi connectivity index (χ4v) is 2.39. The lowest BCUT2D eigenvalue weighted by molar-refractivity contribution is 0.550. The zero-order valence-electron chi connectivity index (χ0n) is 9.06. The molecular formula is C9H12N4OS2. The maximum atomic E-state index is 5.20. The average molecular weight is 256 g/mol. The van der Waals surface area contributed by atoms with Crippen molar-refractivity contribution in [3.63, 3.8) is 0 Å². The second-order valence-electron chi connectivity index (χ2n) is 3.11. The minimum Gasteiger partial charge on any atom is -0.408 e. The number of rotatable bonds is 4. The summed E-state index contributed by atoms with van der Waals surface area (Å²) in [6.45, 7) is 6.08. The first kappa shape index (κ1) is 11.3. The second kappa shape index (κ2) is 4.75. The predicted molar refractivity (Wildman–Crippen MR) is 66.4 cm³/mol. The molecule has 0 spiro atoms. The molecule has 2 aromatic rings. The van der Waals surface area contributed by atoms with Crippen LogP contribution in [0.1, 0.15) is 13.8 Å². The molecule has 0 aliphatic heterocycles. The van der Waals surface area contributed by atoms with E-state index in [1.807, 2.05) is 5.38 Å². The van der Waals surface area contributed by atoms with E-state index in [-0.39, 0.29) is 4.84 Å². The summed E-state index contributed by atoms with van der Waals surface area (Å²) in [6, 6.07) is 0. The van der Waals surface area contributed by atoms with Gasteiger partial charge in [-0.15, -0.1) is 16.4 Å². The van der Waals surface area contributed by atoms with E-state index in [0.717, 1.165) is 23.9 Å². The molecule has 0 saturated heterocycles.